The lowest BCUT2D eigenvalue weighted by Crippen LogP contribution is -2.30. The number of hydrogen-bond acceptors (Lipinski definition) is 3. The maximum Gasteiger partial charge on any atom is 0.115 e. The summed E-state index contributed by atoms with van der Waals surface area (Å²) in [5, 5.41) is 21.7. The Morgan fingerprint density at radius 1 is 1.05 bits per heavy atom. The lowest BCUT2D eigenvalue weighted by molar-refractivity contribution is 0.470. The molecular weight excluding hydrogens is 260 g/mol. The molecule has 108 valence electrons. The highest BCUT2D eigenvalue weighted by molar-refractivity contribution is 5.32. The van der Waals surface area contributed by atoms with Crippen LogP contribution in [-0.2, 0) is 6.42 Å². The molecule has 0 aliphatic rings. The Bertz CT molecular complexity index is 611. The molecule has 0 spiro atoms. The molecule has 0 aromatic heterocycles. The van der Waals surface area contributed by atoms with Crippen molar-refractivity contribution in [3.8, 4) is 11.8 Å². The molecule has 3 heteroatoms. The summed E-state index contributed by atoms with van der Waals surface area (Å²) in [6.07, 6.45) is 0.904. The third-order valence-electron chi connectivity index (χ3n) is 3.55. The highest BCUT2D eigenvalue weighted by Crippen LogP contribution is 2.16. The predicted molar refractivity (Wildman–Crippen MR) is 84.0 cm³/mol. The molecule has 0 saturated carbocycles. The number of rotatable bonds is 5. The maximum absolute atomic E-state index is 9.29. The Balaban J connectivity index is 1.93. The zero-order valence-corrected chi connectivity index (χ0v) is 12.4. The van der Waals surface area contributed by atoms with Gasteiger partial charge in [-0.2, -0.15) is 5.26 Å². The van der Waals surface area contributed by atoms with Crippen LogP contribution < -0.4 is 5.32 Å². The molecule has 2 aromatic carbocycles. The van der Waals surface area contributed by atoms with Crippen LogP contribution in [0.5, 0.6) is 5.75 Å². The number of nitrogens with zero attached hydrogens (tertiary/aromatic N) is 1. The van der Waals surface area contributed by atoms with Crippen LogP contribution in [0.3, 0.4) is 0 Å². The minimum absolute atomic E-state index is 0.227. The summed E-state index contributed by atoms with van der Waals surface area (Å²) in [4.78, 5) is 0. The van der Waals surface area contributed by atoms with E-state index in [0.717, 1.165) is 6.42 Å². The van der Waals surface area contributed by atoms with Crippen LogP contribution in [0, 0.1) is 11.3 Å². The van der Waals surface area contributed by atoms with E-state index in [1.165, 1.54) is 11.1 Å². The van der Waals surface area contributed by atoms with Crippen LogP contribution in [0.25, 0.3) is 0 Å². The van der Waals surface area contributed by atoms with Gasteiger partial charge in [-0.25, -0.2) is 0 Å². The zero-order chi connectivity index (χ0) is 15.2. The summed E-state index contributed by atoms with van der Waals surface area (Å²) in [6, 6.07) is 17.7. The number of aromatic hydroxyl groups is 1. The number of benzene rings is 2. The fraction of sp³-hybridized carbons (Fsp3) is 0.278. The summed E-state index contributed by atoms with van der Waals surface area (Å²) < 4.78 is 0. The molecule has 0 radical (unpaired) electrons. The molecule has 3 nitrogen and oxygen atoms in total. The van der Waals surface area contributed by atoms with Crippen LogP contribution in [-0.4, -0.2) is 11.1 Å². The number of hydrogen-bond donors (Lipinski definition) is 2. The van der Waals surface area contributed by atoms with Gasteiger partial charge in [-0.1, -0.05) is 24.3 Å². The third kappa shape index (κ3) is 4.34. The van der Waals surface area contributed by atoms with Gasteiger partial charge in [0, 0.05) is 12.1 Å². The first-order valence-corrected chi connectivity index (χ1v) is 7.12. The van der Waals surface area contributed by atoms with E-state index in [2.05, 4.69) is 25.2 Å². The summed E-state index contributed by atoms with van der Waals surface area (Å²) in [5.41, 5.74) is 3.05. The van der Waals surface area contributed by atoms with Crippen molar-refractivity contribution >= 4 is 0 Å². The van der Waals surface area contributed by atoms with Gasteiger partial charge in [0.1, 0.15) is 5.75 Å². The minimum atomic E-state index is 0.227. The van der Waals surface area contributed by atoms with Gasteiger partial charge in [0.2, 0.25) is 0 Å². The molecule has 0 heterocycles. The van der Waals surface area contributed by atoms with Crippen molar-refractivity contribution in [3.05, 3.63) is 65.2 Å². The Labute approximate surface area is 125 Å². The summed E-state index contributed by atoms with van der Waals surface area (Å²) >= 11 is 0. The van der Waals surface area contributed by atoms with Crippen molar-refractivity contribution in [2.24, 2.45) is 0 Å². The Morgan fingerprint density at radius 3 is 2.24 bits per heavy atom. The second kappa shape index (κ2) is 6.92. The molecule has 0 amide bonds. The highest BCUT2D eigenvalue weighted by atomic mass is 16.3. The SMILES string of the molecule is CC(Cc1ccc(O)cc1)NC(C)c1ccc(C#N)cc1. The van der Waals surface area contributed by atoms with Crippen molar-refractivity contribution in [1.29, 1.82) is 5.26 Å². The fourth-order valence-electron chi connectivity index (χ4n) is 2.41. The van der Waals surface area contributed by atoms with Crippen LogP contribution in [0.4, 0.5) is 0 Å². The molecule has 0 fully saturated rings. The first-order valence-electron chi connectivity index (χ1n) is 7.12. The molecule has 0 bridgehead atoms. The summed E-state index contributed by atoms with van der Waals surface area (Å²) in [6.45, 7) is 4.27. The lowest BCUT2D eigenvalue weighted by Gasteiger charge is -2.20. The fourth-order valence-corrected chi connectivity index (χ4v) is 2.41. The van der Waals surface area contributed by atoms with E-state index in [9.17, 15) is 5.11 Å². The second-order valence-corrected chi connectivity index (χ2v) is 5.39. The first kappa shape index (κ1) is 15.1. The predicted octanol–water partition coefficient (Wildman–Crippen LogP) is 3.55. The normalized spacial score (nSPS) is 13.4. The topological polar surface area (TPSA) is 56.0 Å². The molecular formula is C18H20N2O. The first-order chi connectivity index (χ1) is 10.1. The Morgan fingerprint density at radius 2 is 1.67 bits per heavy atom. The van der Waals surface area contributed by atoms with Crippen molar-refractivity contribution in [2.45, 2.75) is 32.4 Å². The van der Waals surface area contributed by atoms with E-state index < -0.39 is 0 Å². The Hall–Kier alpha value is -2.31. The number of nitriles is 1. The average molecular weight is 280 g/mol. The van der Waals surface area contributed by atoms with Crippen LogP contribution in [0.2, 0.25) is 0 Å². The van der Waals surface area contributed by atoms with Crippen molar-refractivity contribution in [2.75, 3.05) is 0 Å². The highest BCUT2D eigenvalue weighted by Gasteiger charge is 2.10. The standard InChI is InChI=1S/C18H20N2O/c1-13(11-15-5-9-18(21)10-6-15)20-14(2)17-7-3-16(12-19)4-8-17/h3-10,13-14,20-21H,11H2,1-2H3. The van der Waals surface area contributed by atoms with E-state index in [4.69, 9.17) is 5.26 Å². The van der Waals surface area contributed by atoms with Gasteiger partial charge >= 0.3 is 0 Å². The average Bonchev–Trinajstić information content (AvgIpc) is 2.49. The minimum Gasteiger partial charge on any atom is -0.508 e. The van der Waals surface area contributed by atoms with E-state index >= 15 is 0 Å². The van der Waals surface area contributed by atoms with E-state index in [1.54, 1.807) is 12.1 Å². The molecule has 0 aliphatic carbocycles. The summed E-state index contributed by atoms with van der Waals surface area (Å²) in [5.74, 6) is 0.297. The van der Waals surface area contributed by atoms with Gasteiger partial charge in [-0.15, -0.1) is 0 Å². The van der Waals surface area contributed by atoms with Gasteiger partial charge in [0.15, 0.2) is 0 Å². The molecule has 0 aliphatic heterocycles. The van der Waals surface area contributed by atoms with Gasteiger partial charge < -0.3 is 10.4 Å². The van der Waals surface area contributed by atoms with E-state index in [-0.39, 0.29) is 6.04 Å². The monoisotopic (exact) mass is 280 g/mol. The molecule has 2 aromatic rings. The second-order valence-electron chi connectivity index (χ2n) is 5.39. The number of phenolic OH excluding ortho intramolecular Hbond substituents is 1. The van der Waals surface area contributed by atoms with Crippen LogP contribution >= 0.6 is 0 Å². The van der Waals surface area contributed by atoms with Crippen molar-refractivity contribution in [1.82, 2.24) is 5.32 Å². The lowest BCUT2D eigenvalue weighted by atomic mass is 10.0. The third-order valence-corrected chi connectivity index (χ3v) is 3.55. The van der Waals surface area contributed by atoms with Crippen molar-refractivity contribution in [3.63, 3.8) is 0 Å². The quantitative estimate of drug-likeness (QED) is 0.880. The zero-order valence-electron chi connectivity index (χ0n) is 12.4. The van der Waals surface area contributed by atoms with Crippen LogP contribution in [0.15, 0.2) is 48.5 Å². The molecule has 2 unspecified atom stereocenters. The van der Waals surface area contributed by atoms with Crippen LogP contribution in [0.1, 0.15) is 36.6 Å². The molecule has 2 atom stereocenters. The largest absolute Gasteiger partial charge is 0.508 e. The smallest absolute Gasteiger partial charge is 0.115 e. The van der Waals surface area contributed by atoms with Gasteiger partial charge in [0.05, 0.1) is 11.6 Å². The van der Waals surface area contributed by atoms with Gasteiger partial charge in [0.25, 0.3) is 0 Å². The number of phenols is 1. The number of nitrogens with one attached hydrogen (secondary N) is 1. The van der Waals surface area contributed by atoms with Crippen molar-refractivity contribution < 1.29 is 5.11 Å². The van der Waals surface area contributed by atoms with E-state index in [0.29, 0.717) is 17.4 Å². The van der Waals surface area contributed by atoms with Gasteiger partial charge in [-0.05, 0) is 55.7 Å². The van der Waals surface area contributed by atoms with Gasteiger partial charge in [-0.3, -0.25) is 0 Å². The Kier molecular flexibility index (Phi) is 4.97. The maximum atomic E-state index is 9.29. The molecule has 0 saturated heterocycles. The molecule has 2 rings (SSSR count). The van der Waals surface area contributed by atoms with E-state index in [1.807, 2.05) is 36.4 Å². The molecule has 2 N–H and O–H groups in total. The molecule has 21 heavy (non-hydrogen) atoms. The summed E-state index contributed by atoms with van der Waals surface area (Å²) in [7, 11) is 0.